The van der Waals surface area contributed by atoms with Crippen molar-refractivity contribution in [2.75, 3.05) is 23.9 Å². The summed E-state index contributed by atoms with van der Waals surface area (Å²) in [5, 5.41) is 4.98. The van der Waals surface area contributed by atoms with E-state index in [2.05, 4.69) is 21.9 Å². The molecule has 2 aromatic rings. The number of benzene rings is 2. The smallest absolute Gasteiger partial charge is 0.350 e. The van der Waals surface area contributed by atoms with E-state index in [1.165, 1.54) is 39.0 Å². The van der Waals surface area contributed by atoms with Gasteiger partial charge in [-0.2, -0.15) is 26.3 Å². The van der Waals surface area contributed by atoms with Crippen LogP contribution >= 0.6 is 22.6 Å². The molecule has 0 aliphatic heterocycles. The number of aryl methyl sites for hydroxylation is 1. The molecule has 2 amide bonds. The quantitative estimate of drug-likeness (QED) is 0.180. The molecular weight excluding hydrogens is 693 g/mol. The monoisotopic (exact) mass is 720 g/mol. The van der Waals surface area contributed by atoms with Crippen LogP contribution < -0.4 is 10.6 Å². The standard InChI is InChI=1S/C26H27F6IN2O5S/c1-6-12-40-24(25(27,28)29,26(30,31)32)16-10-11-19(15(2)13-16)34-21(36)17-8-7-9-18(33)20(17)22(37)35-23(3,4)14-41(5,38)39/h6-11,13H,1,12,14H2,2-5H3,(H,34,36)(H,35,37). The van der Waals surface area contributed by atoms with Gasteiger partial charge in [-0.25, -0.2) is 8.42 Å². The Labute approximate surface area is 246 Å². The van der Waals surface area contributed by atoms with Crippen molar-refractivity contribution in [2.45, 2.75) is 44.3 Å². The number of carbonyl (C=O) groups excluding carboxylic acids is 2. The summed E-state index contributed by atoms with van der Waals surface area (Å²) in [6.45, 7) is 6.22. The van der Waals surface area contributed by atoms with Gasteiger partial charge in [0.15, 0.2) is 0 Å². The molecule has 2 rings (SSSR count). The number of hydrogen-bond acceptors (Lipinski definition) is 5. The van der Waals surface area contributed by atoms with Gasteiger partial charge < -0.3 is 15.4 Å². The number of sulfone groups is 1. The van der Waals surface area contributed by atoms with E-state index >= 15 is 0 Å². The maximum Gasteiger partial charge on any atom is 0.430 e. The number of halogens is 7. The molecule has 226 valence electrons. The van der Waals surface area contributed by atoms with Crippen molar-refractivity contribution in [1.29, 1.82) is 0 Å². The molecular formula is C26H27F6IN2O5S. The Hall–Kier alpha value is -2.66. The third-order valence-electron chi connectivity index (χ3n) is 5.66. The average molecular weight is 720 g/mol. The molecule has 0 unspecified atom stereocenters. The summed E-state index contributed by atoms with van der Waals surface area (Å²) in [4.78, 5) is 26.3. The van der Waals surface area contributed by atoms with Gasteiger partial charge in [0.05, 0.1) is 23.5 Å². The SMILES string of the molecule is C=CCOC(c1ccc(NC(=O)c2cccc(I)c2C(=O)NC(C)(C)CS(C)(=O)=O)c(C)c1)(C(F)(F)F)C(F)(F)F. The molecule has 0 atom stereocenters. The van der Waals surface area contributed by atoms with E-state index in [1.54, 1.807) is 22.6 Å². The number of anilines is 1. The Morgan fingerprint density at radius 3 is 2.10 bits per heavy atom. The first-order valence-electron chi connectivity index (χ1n) is 11.7. The predicted octanol–water partition coefficient (Wildman–Crippen LogP) is 5.93. The fourth-order valence-electron chi connectivity index (χ4n) is 4.14. The van der Waals surface area contributed by atoms with Gasteiger partial charge in [0.2, 0.25) is 0 Å². The Morgan fingerprint density at radius 2 is 1.61 bits per heavy atom. The van der Waals surface area contributed by atoms with Gasteiger partial charge in [-0.15, -0.1) is 6.58 Å². The second-order valence-corrected chi connectivity index (χ2v) is 13.1. The summed E-state index contributed by atoms with van der Waals surface area (Å²) in [5.74, 6) is -2.04. The molecule has 2 aromatic carbocycles. The van der Waals surface area contributed by atoms with E-state index < -0.39 is 63.1 Å². The van der Waals surface area contributed by atoms with Crippen LogP contribution in [0, 0.1) is 10.5 Å². The van der Waals surface area contributed by atoms with Crippen molar-refractivity contribution < 1.29 is 49.1 Å². The highest BCUT2D eigenvalue weighted by Crippen LogP contribution is 2.53. The zero-order chi connectivity index (χ0) is 31.6. The molecule has 0 heterocycles. The minimum Gasteiger partial charge on any atom is -0.350 e. The van der Waals surface area contributed by atoms with Gasteiger partial charge in [0.25, 0.3) is 17.4 Å². The lowest BCUT2D eigenvalue weighted by Crippen LogP contribution is -2.56. The molecule has 0 saturated carbocycles. The Morgan fingerprint density at radius 1 is 1.02 bits per heavy atom. The van der Waals surface area contributed by atoms with Crippen LogP contribution in [-0.4, -0.2) is 56.7 Å². The second-order valence-electron chi connectivity index (χ2n) is 9.83. The number of hydrogen-bond donors (Lipinski definition) is 2. The summed E-state index contributed by atoms with van der Waals surface area (Å²) in [5.41, 5.74) is -7.65. The van der Waals surface area contributed by atoms with Gasteiger partial charge in [0, 0.05) is 26.6 Å². The zero-order valence-electron chi connectivity index (χ0n) is 22.3. The average Bonchev–Trinajstić information content (AvgIpc) is 2.77. The van der Waals surface area contributed by atoms with Crippen LogP contribution in [0.1, 0.15) is 45.7 Å². The van der Waals surface area contributed by atoms with Crippen molar-refractivity contribution in [3.8, 4) is 0 Å². The first kappa shape index (κ1) is 34.5. The van der Waals surface area contributed by atoms with Gasteiger partial charge in [-0.3, -0.25) is 9.59 Å². The van der Waals surface area contributed by atoms with Crippen LogP contribution in [0.4, 0.5) is 32.0 Å². The van der Waals surface area contributed by atoms with E-state index in [1.807, 2.05) is 0 Å². The highest BCUT2D eigenvalue weighted by atomic mass is 127. The minimum absolute atomic E-state index is 0.104. The number of amides is 2. The van der Waals surface area contributed by atoms with Gasteiger partial charge in [-0.1, -0.05) is 24.3 Å². The largest absolute Gasteiger partial charge is 0.430 e. The highest BCUT2D eigenvalue weighted by molar-refractivity contribution is 14.1. The van der Waals surface area contributed by atoms with Gasteiger partial charge >= 0.3 is 12.4 Å². The maximum atomic E-state index is 13.9. The van der Waals surface area contributed by atoms with Crippen LogP contribution in [0.2, 0.25) is 0 Å². The predicted molar refractivity (Wildman–Crippen MR) is 149 cm³/mol. The first-order chi connectivity index (χ1) is 18.6. The van der Waals surface area contributed by atoms with E-state index in [9.17, 15) is 44.3 Å². The molecule has 0 fully saturated rings. The highest BCUT2D eigenvalue weighted by Gasteiger charge is 2.73. The van der Waals surface area contributed by atoms with Crippen molar-refractivity contribution in [3.63, 3.8) is 0 Å². The number of carbonyl (C=O) groups is 2. The Kier molecular flexibility index (Phi) is 10.4. The minimum atomic E-state index is -5.89. The molecule has 0 spiro atoms. The Balaban J connectivity index is 2.50. The summed E-state index contributed by atoms with van der Waals surface area (Å²) in [6, 6.07) is 6.30. The number of nitrogens with one attached hydrogen (secondary N) is 2. The fourth-order valence-corrected chi connectivity index (χ4v) is 6.26. The molecule has 2 N–H and O–H groups in total. The van der Waals surface area contributed by atoms with Gasteiger partial charge in [0.1, 0.15) is 9.84 Å². The number of rotatable bonds is 10. The number of alkyl halides is 6. The maximum absolute atomic E-state index is 13.9. The molecule has 0 radical (unpaired) electrons. The van der Waals surface area contributed by atoms with Crippen LogP contribution in [-0.2, 0) is 20.2 Å². The van der Waals surface area contributed by atoms with Crippen LogP contribution in [0.25, 0.3) is 0 Å². The zero-order valence-corrected chi connectivity index (χ0v) is 25.2. The van der Waals surface area contributed by atoms with E-state index in [-0.39, 0.29) is 22.4 Å². The van der Waals surface area contributed by atoms with Crippen LogP contribution in [0.5, 0.6) is 0 Å². The summed E-state index contributed by atoms with van der Waals surface area (Å²) < 4.78 is 111. The lowest BCUT2D eigenvalue weighted by molar-refractivity contribution is -0.387. The van der Waals surface area contributed by atoms with Crippen molar-refractivity contribution in [3.05, 3.63) is 74.9 Å². The molecule has 0 aromatic heterocycles. The van der Waals surface area contributed by atoms with E-state index in [0.717, 1.165) is 18.4 Å². The van der Waals surface area contributed by atoms with E-state index in [4.69, 9.17) is 0 Å². The molecule has 15 heteroatoms. The normalized spacial score (nSPS) is 13.0. The summed E-state index contributed by atoms with van der Waals surface area (Å²) >= 11 is 1.80. The summed E-state index contributed by atoms with van der Waals surface area (Å²) in [6.07, 6.45) is -10.0. The number of ether oxygens (including phenoxy) is 1. The molecule has 7 nitrogen and oxygen atoms in total. The van der Waals surface area contributed by atoms with Gasteiger partial charge in [-0.05, 0) is 67.1 Å². The van der Waals surface area contributed by atoms with Crippen molar-refractivity contribution >= 4 is 49.9 Å². The fraction of sp³-hybridized carbons (Fsp3) is 0.385. The molecule has 0 aliphatic rings. The molecule has 0 bridgehead atoms. The third-order valence-corrected chi connectivity index (χ3v) is 7.80. The Bertz CT molecular complexity index is 1420. The first-order valence-corrected chi connectivity index (χ1v) is 14.8. The molecule has 0 saturated heterocycles. The van der Waals surface area contributed by atoms with Crippen molar-refractivity contribution in [2.24, 2.45) is 0 Å². The third kappa shape index (κ3) is 8.00. The lowest BCUT2D eigenvalue weighted by atomic mass is 9.90. The topological polar surface area (TPSA) is 102 Å². The van der Waals surface area contributed by atoms with Crippen LogP contribution in [0.3, 0.4) is 0 Å². The van der Waals surface area contributed by atoms with Crippen molar-refractivity contribution in [1.82, 2.24) is 5.32 Å². The second kappa shape index (κ2) is 12.3. The van der Waals surface area contributed by atoms with Crippen LogP contribution in [0.15, 0.2) is 49.1 Å². The molecule has 41 heavy (non-hydrogen) atoms. The summed E-state index contributed by atoms with van der Waals surface area (Å²) in [7, 11) is -3.48. The lowest BCUT2D eigenvalue weighted by Gasteiger charge is -2.37. The van der Waals surface area contributed by atoms with E-state index in [0.29, 0.717) is 15.7 Å². The molecule has 0 aliphatic carbocycles.